The number of hydrogen-bond acceptors (Lipinski definition) is 4. The van der Waals surface area contributed by atoms with E-state index in [1.165, 1.54) is 12.1 Å². The number of anilines is 1. The van der Waals surface area contributed by atoms with Crippen LogP contribution in [0.15, 0.2) is 12.1 Å². The predicted molar refractivity (Wildman–Crippen MR) is 58.5 cm³/mol. The van der Waals surface area contributed by atoms with Crippen molar-refractivity contribution < 1.29 is 9.72 Å². The molecule has 1 aliphatic rings. The van der Waals surface area contributed by atoms with E-state index in [0.717, 1.165) is 0 Å². The second-order valence-electron chi connectivity index (χ2n) is 3.36. The molecular weight excluding hydrogens is 234 g/mol. The number of carbonyl (C=O) groups excluding carboxylic acids is 1. The number of fused-ring (bicyclic) bond motifs is 1. The molecule has 6 nitrogen and oxygen atoms in total. The lowest BCUT2D eigenvalue weighted by molar-refractivity contribution is -0.384. The van der Waals surface area contributed by atoms with Crippen molar-refractivity contribution in [3.63, 3.8) is 0 Å². The Balaban J connectivity index is 2.59. The molecular formula is C9H8ClN3O3. The Kier molecular flexibility index (Phi) is 2.53. The average Bonchev–Trinajstić information content (AvgIpc) is 2.54. The van der Waals surface area contributed by atoms with Crippen molar-refractivity contribution in [1.82, 2.24) is 5.32 Å². The molecule has 7 heteroatoms. The molecule has 0 fully saturated rings. The van der Waals surface area contributed by atoms with Crippen molar-refractivity contribution in [3.8, 4) is 0 Å². The predicted octanol–water partition coefficient (Wildman–Crippen LogP) is 1.46. The standard InChI is InChI=1S/C9H8ClN3O3/c1-11-8-5-2-4(13(15)16)3-6(10)7(5)12-9(8)14/h2-3,8,11H,1H3,(H,12,14). The van der Waals surface area contributed by atoms with Crippen molar-refractivity contribution in [1.29, 1.82) is 0 Å². The SMILES string of the molecule is CNC1C(=O)Nc2c(Cl)cc([N+](=O)[O-])cc21. The molecule has 1 heterocycles. The summed E-state index contributed by atoms with van der Waals surface area (Å²) in [4.78, 5) is 21.6. The summed E-state index contributed by atoms with van der Waals surface area (Å²) in [7, 11) is 1.60. The van der Waals surface area contributed by atoms with Crippen LogP contribution in [0.3, 0.4) is 0 Å². The van der Waals surface area contributed by atoms with Gasteiger partial charge in [-0.15, -0.1) is 0 Å². The van der Waals surface area contributed by atoms with Crippen LogP contribution in [0.5, 0.6) is 0 Å². The molecule has 0 bridgehead atoms. The van der Waals surface area contributed by atoms with E-state index in [-0.39, 0.29) is 16.6 Å². The highest BCUT2D eigenvalue weighted by molar-refractivity contribution is 6.34. The van der Waals surface area contributed by atoms with Crippen LogP contribution in [0.1, 0.15) is 11.6 Å². The molecule has 84 valence electrons. The van der Waals surface area contributed by atoms with Crippen LogP contribution < -0.4 is 10.6 Å². The number of hydrogen-bond donors (Lipinski definition) is 2. The van der Waals surface area contributed by atoms with E-state index in [9.17, 15) is 14.9 Å². The van der Waals surface area contributed by atoms with Gasteiger partial charge in [0.2, 0.25) is 5.91 Å². The highest BCUT2D eigenvalue weighted by Gasteiger charge is 2.32. The number of likely N-dealkylation sites (N-methyl/N-ethyl adjacent to an activating group) is 1. The Bertz CT molecular complexity index is 489. The van der Waals surface area contributed by atoms with E-state index in [1.807, 2.05) is 0 Å². The first kappa shape index (κ1) is 10.8. The maximum absolute atomic E-state index is 11.5. The Morgan fingerprint density at radius 2 is 2.25 bits per heavy atom. The number of nitrogens with one attached hydrogen (secondary N) is 2. The Labute approximate surface area is 95.7 Å². The summed E-state index contributed by atoms with van der Waals surface area (Å²) in [6.07, 6.45) is 0. The zero-order valence-electron chi connectivity index (χ0n) is 8.28. The van der Waals surface area contributed by atoms with Crippen molar-refractivity contribution >= 4 is 28.9 Å². The number of non-ortho nitro benzene ring substituents is 1. The van der Waals surface area contributed by atoms with Gasteiger partial charge in [0.05, 0.1) is 15.6 Å². The fraction of sp³-hybridized carbons (Fsp3) is 0.222. The number of carbonyl (C=O) groups is 1. The summed E-state index contributed by atoms with van der Waals surface area (Å²) in [6.45, 7) is 0. The van der Waals surface area contributed by atoms with Crippen LogP contribution >= 0.6 is 11.6 Å². The second-order valence-corrected chi connectivity index (χ2v) is 3.77. The fourth-order valence-electron chi connectivity index (χ4n) is 1.70. The minimum atomic E-state index is -0.590. The lowest BCUT2D eigenvalue weighted by Crippen LogP contribution is -2.23. The van der Waals surface area contributed by atoms with Crippen molar-refractivity contribution in [2.75, 3.05) is 12.4 Å². The van der Waals surface area contributed by atoms with Gasteiger partial charge in [-0.05, 0) is 7.05 Å². The van der Waals surface area contributed by atoms with Crippen LogP contribution in [0.2, 0.25) is 5.02 Å². The van der Waals surface area contributed by atoms with Crippen LogP contribution in [0.4, 0.5) is 11.4 Å². The molecule has 1 amide bonds. The third-order valence-electron chi connectivity index (χ3n) is 2.43. The van der Waals surface area contributed by atoms with Gasteiger partial charge >= 0.3 is 0 Å². The van der Waals surface area contributed by atoms with Gasteiger partial charge in [0, 0.05) is 17.7 Å². The Hall–Kier alpha value is -1.66. The first-order chi connectivity index (χ1) is 7.54. The minimum absolute atomic E-state index is 0.125. The molecule has 1 aromatic rings. The summed E-state index contributed by atoms with van der Waals surface area (Å²) in [6, 6.07) is 1.98. The molecule has 0 aliphatic carbocycles. The molecule has 0 aromatic heterocycles. The Morgan fingerprint density at radius 3 is 2.81 bits per heavy atom. The number of amides is 1. The van der Waals surface area contributed by atoms with Crippen molar-refractivity contribution in [2.45, 2.75) is 6.04 Å². The topological polar surface area (TPSA) is 84.3 Å². The number of halogens is 1. The summed E-state index contributed by atoms with van der Waals surface area (Å²) in [5, 5.41) is 16.2. The van der Waals surface area contributed by atoms with Gasteiger partial charge < -0.3 is 10.6 Å². The summed E-state index contributed by atoms with van der Waals surface area (Å²) < 4.78 is 0. The fourth-order valence-corrected chi connectivity index (χ4v) is 1.97. The van der Waals surface area contributed by atoms with E-state index in [0.29, 0.717) is 11.3 Å². The summed E-state index contributed by atoms with van der Waals surface area (Å²) in [5.41, 5.74) is 0.823. The van der Waals surface area contributed by atoms with Gasteiger partial charge in [0.15, 0.2) is 0 Å². The van der Waals surface area contributed by atoms with Crippen LogP contribution in [-0.4, -0.2) is 17.9 Å². The number of benzene rings is 1. The van der Waals surface area contributed by atoms with Crippen LogP contribution in [-0.2, 0) is 4.79 Å². The summed E-state index contributed by atoms with van der Waals surface area (Å²) >= 11 is 5.86. The van der Waals surface area contributed by atoms with Crippen molar-refractivity contribution in [3.05, 3.63) is 32.8 Å². The number of nitrogens with zero attached hydrogens (tertiary/aromatic N) is 1. The highest BCUT2D eigenvalue weighted by Crippen LogP contribution is 2.39. The maximum atomic E-state index is 11.5. The molecule has 1 aliphatic heterocycles. The highest BCUT2D eigenvalue weighted by atomic mass is 35.5. The first-order valence-electron chi connectivity index (χ1n) is 4.50. The Morgan fingerprint density at radius 1 is 1.56 bits per heavy atom. The van der Waals surface area contributed by atoms with Gasteiger partial charge in [-0.1, -0.05) is 11.6 Å². The molecule has 1 unspecified atom stereocenters. The van der Waals surface area contributed by atoms with Gasteiger partial charge in [-0.3, -0.25) is 14.9 Å². The monoisotopic (exact) mass is 241 g/mol. The van der Waals surface area contributed by atoms with Crippen LogP contribution in [0, 0.1) is 10.1 Å². The third-order valence-corrected chi connectivity index (χ3v) is 2.72. The zero-order valence-corrected chi connectivity index (χ0v) is 9.04. The number of rotatable bonds is 2. The van der Waals surface area contributed by atoms with E-state index in [4.69, 9.17) is 11.6 Å². The third kappa shape index (κ3) is 1.52. The van der Waals surface area contributed by atoms with E-state index >= 15 is 0 Å². The first-order valence-corrected chi connectivity index (χ1v) is 4.88. The van der Waals surface area contributed by atoms with Gasteiger partial charge in [-0.25, -0.2) is 0 Å². The van der Waals surface area contributed by atoms with Gasteiger partial charge in [0.1, 0.15) is 6.04 Å². The number of nitro groups is 1. The molecule has 0 saturated heterocycles. The van der Waals surface area contributed by atoms with Gasteiger partial charge in [0.25, 0.3) is 5.69 Å². The van der Waals surface area contributed by atoms with Gasteiger partial charge in [-0.2, -0.15) is 0 Å². The smallest absolute Gasteiger partial charge is 0.271 e. The maximum Gasteiger partial charge on any atom is 0.271 e. The zero-order chi connectivity index (χ0) is 11.9. The number of nitro benzene ring substituents is 1. The second kappa shape index (κ2) is 3.73. The molecule has 1 atom stereocenters. The van der Waals surface area contributed by atoms with E-state index in [1.54, 1.807) is 7.05 Å². The normalized spacial score (nSPS) is 18.1. The molecule has 2 N–H and O–H groups in total. The lowest BCUT2D eigenvalue weighted by Gasteiger charge is -2.06. The minimum Gasteiger partial charge on any atom is -0.323 e. The molecule has 0 spiro atoms. The summed E-state index contributed by atoms with van der Waals surface area (Å²) in [5.74, 6) is -0.264. The quantitative estimate of drug-likeness (QED) is 0.606. The lowest BCUT2D eigenvalue weighted by atomic mass is 10.1. The van der Waals surface area contributed by atoms with E-state index in [2.05, 4.69) is 10.6 Å². The van der Waals surface area contributed by atoms with E-state index < -0.39 is 11.0 Å². The molecule has 2 rings (SSSR count). The van der Waals surface area contributed by atoms with Crippen molar-refractivity contribution in [2.24, 2.45) is 0 Å². The molecule has 1 aromatic carbocycles. The molecule has 16 heavy (non-hydrogen) atoms. The molecule has 0 radical (unpaired) electrons. The van der Waals surface area contributed by atoms with Crippen LogP contribution in [0.25, 0.3) is 0 Å². The largest absolute Gasteiger partial charge is 0.323 e. The molecule has 0 saturated carbocycles. The average molecular weight is 242 g/mol.